The number of furan rings is 1. The molecule has 1 spiro atoms. The second-order valence-corrected chi connectivity index (χ2v) is 5.94. The van der Waals surface area contributed by atoms with Gasteiger partial charge in [-0.3, -0.25) is 9.59 Å². The van der Waals surface area contributed by atoms with Crippen molar-refractivity contribution in [2.24, 2.45) is 0 Å². The summed E-state index contributed by atoms with van der Waals surface area (Å²) in [4.78, 5) is 24.4. The van der Waals surface area contributed by atoms with Crippen LogP contribution in [0, 0.1) is 0 Å². The molecule has 1 fully saturated rings. The van der Waals surface area contributed by atoms with Crippen molar-refractivity contribution in [2.75, 3.05) is 10.6 Å². The Morgan fingerprint density at radius 3 is 2.77 bits per heavy atom. The summed E-state index contributed by atoms with van der Waals surface area (Å²) in [6.45, 7) is 0. The molecule has 1 aliphatic heterocycles. The van der Waals surface area contributed by atoms with Gasteiger partial charge in [-0.1, -0.05) is 12.8 Å². The van der Waals surface area contributed by atoms with E-state index >= 15 is 0 Å². The van der Waals surface area contributed by atoms with Crippen LogP contribution in [0.4, 0.5) is 11.4 Å². The third-order valence-corrected chi connectivity index (χ3v) is 4.68. The van der Waals surface area contributed by atoms with E-state index in [1.807, 2.05) is 12.1 Å². The molecule has 2 heterocycles. The maximum Gasteiger partial charge on any atom is 0.291 e. The third-order valence-electron chi connectivity index (χ3n) is 4.68. The summed E-state index contributed by atoms with van der Waals surface area (Å²) in [6, 6.07) is 8.87. The number of amides is 2. The normalized spacial score (nSPS) is 18.3. The Morgan fingerprint density at radius 2 is 2.05 bits per heavy atom. The highest BCUT2D eigenvalue weighted by Crippen LogP contribution is 2.49. The van der Waals surface area contributed by atoms with Crippen LogP contribution >= 0.6 is 0 Å². The lowest BCUT2D eigenvalue weighted by atomic mass is 9.80. The first-order valence-corrected chi connectivity index (χ1v) is 7.50. The van der Waals surface area contributed by atoms with E-state index in [9.17, 15) is 9.59 Å². The minimum atomic E-state index is -0.402. The molecule has 0 bridgehead atoms. The van der Waals surface area contributed by atoms with Gasteiger partial charge in [-0.15, -0.1) is 0 Å². The van der Waals surface area contributed by atoms with Crippen LogP contribution in [0.15, 0.2) is 41.0 Å². The van der Waals surface area contributed by atoms with Crippen molar-refractivity contribution in [1.29, 1.82) is 0 Å². The molecule has 0 unspecified atom stereocenters. The molecule has 22 heavy (non-hydrogen) atoms. The van der Waals surface area contributed by atoms with E-state index in [1.165, 1.54) is 6.26 Å². The molecule has 1 saturated carbocycles. The predicted octanol–water partition coefficient (Wildman–Crippen LogP) is 3.30. The summed E-state index contributed by atoms with van der Waals surface area (Å²) in [5.41, 5.74) is 2.15. The van der Waals surface area contributed by atoms with Gasteiger partial charge in [0, 0.05) is 11.4 Å². The minimum absolute atomic E-state index is 0.0921. The van der Waals surface area contributed by atoms with Crippen molar-refractivity contribution in [3.63, 3.8) is 0 Å². The molecule has 2 aromatic rings. The van der Waals surface area contributed by atoms with Crippen LogP contribution in [0.5, 0.6) is 0 Å². The van der Waals surface area contributed by atoms with Crippen LogP contribution in [0.25, 0.3) is 0 Å². The van der Waals surface area contributed by atoms with Crippen LogP contribution in [0.2, 0.25) is 0 Å². The Morgan fingerprint density at radius 1 is 1.23 bits per heavy atom. The summed E-state index contributed by atoms with van der Waals surface area (Å²) >= 11 is 0. The van der Waals surface area contributed by atoms with Crippen LogP contribution < -0.4 is 10.6 Å². The zero-order chi connectivity index (χ0) is 15.2. The summed E-state index contributed by atoms with van der Waals surface area (Å²) in [6.07, 6.45) is 5.35. The molecule has 1 aliphatic carbocycles. The standard InChI is InChI=1S/C17H16N2O3/c20-15(14-4-3-9-22-14)18-11-5-6-13-12(10-11)17(16(21)19-13)7-1-2-8-17/h3-6,9-10H,1-2,7-8H2,(H,18,20)(H,19,21). The molecule has 112 valence electrons. The average molecular weight is 296 g/mol. The van der Waals surface area contributed by atoms with Crippen molar-refractivity contribution in [3.8, 4) is 0 Å². The smallest absolute Gasteiger partial charge is 0.291 e. The molecule has 5 nitrogen and oxygen atoms in total. The first-order valence-electron chi connectivity index (χ1n) is 7.50. The highest BCUT2D eigenvalue weighted by atomic mass is 16.3. The highest BCUT2D eigenvalue weighted by Gasteiger charge is 2.48. The van der Waals surface area contributed by atoms with Gasteiger partial charge in [0.1, 0.15) is 0 Å². The third kappa shape index (κ3) is 1.85. The molecule has 0 atom stereocenters. The Labute approximate surface area is 127 Å². The maximum absolute atomic E-state index is 12.4. The number of anilines is 2. The van der Waals surface area contributed by atoms with Gasteiger partial charge < -0.3 is 15.1 Å². The van der Waals surface area contributed by atoms with Gasteiger partial charge in [-0.25, -0.2) is 0 Å². The Kier molecular flexibility index (Phi) is 2.82. The van der Waals surface area contributed by atoms with Gasteiger partial charge >= 0.3 is 0 Å². The van der Waals surface area contributed by atoms with E-state index in [0.717, 1.165) is 36.9 Å². The van der Waals surface area contributed by atoms with E-state index in [-0.39, 0.29) is 17.6 Å². The molecule has 1 aromatic heterocycles. The molecule has 0 saturated heterocycles. The van der Waals surface area contributed by atoms with Gasteiger partial charge in [-0.05, 0) is 48.7 Å². The number of hydrogen-bond donors (Lipinski definition) is 2. The molecular formula is C17H16N2O3. The molecular weight excluding hydrogens is 280 g/mol. The fraction of sp³-hybridized carbons (Fsp3) is 0.294. The predicted molar refractivity (Wildman–Crippen MR) is 81.9 cm³/mol. The van der Waals surface area contributed by atoms with Crippen LogP contribution in [0.3, 0.4) is 0 Å². The SMILES string of the molecule is O=C(Nc1ccc2c(c1)C1(CCCC1)C(=O)N2)c1ccco1. The fourth-order valence-corrected chi connectivity index (χ4v) is 3.57. The van der Waals surface area contributed by atoms with E-state index < -0.39 is 5.41 Å². The Bertz CT molecular complexity index is 743. The first kappa shape index (κ1) is 13.1. The number of nitrogens with one attached hydrogen (secondary N) is 2. The summed E-state index contributed by atoms with van der Waals surface area (Å²) in [5, 5.41) is 5.79. The lowest BCUT2D eigenvalue weighted by molar-refractivity contribution is -0.120. The lowest BCUT2D eigenvalue weighted by Crippen LogP contribution is -2.31. The van der Waals surface area contributed by atoms with Gasteiger partial charge in [0.05, 0.1) is 11.7 Å². The second kappa shape index (κ2) is 4.73. The zero-order valence-electron chi connectivity index (χ0n) is 12.0. The van der Waals surface area contributed by atoms with Crippen molar-refractivity contribution in [3.05, 3.63) is 47.9 Å². The number of hydrogen-bond acceptors (Lipinski definition) is 3. The number of carbonyl (C=O) groups excluding carboxylic acids is 2. The van der Waals surface area contributed by atoms with E-state index in [1.54, 1.807) is 18.2 Å². The van der Waals surface area contributed by atoms with Gasteiger partial charge in [-0.2, -0.15) is 0 Å². The van der Waals surface area contributed by atoms with E-state index in [4.69, 9.17) is 4.42 Å². The minimum Gasteiger partial charge on any atom is -0.459 e. The van der Waals surface area contributed by atoms with Gasteiger partial charge in [0.2, 0.25) is 5.91 Å². The largest absolute Gasteiger partial charge is 0.459 e. The Hall–Kier alpha value is -2.56. The van der Waals surface area contributed by atoms with E-state index in [0.29, 0.717) is 5.69 Å². The quantitative estimate of drug-likeness (QED) is 0.893. The van der Waals surface area contributed by atoms with Crippen molar-refractivity contribution >= 4 is 23.2 Å². The zero-order valence-corrected chi connectivity index (χ0v) is 12.0. The van der Waals surface area contributed by atoms with Gasteiger partial charge in [0.15, 0.2) is 5.76 Å². The highest BCUT2D eigenvalue weighted by molar-refractivity contribution is 6.08. The van der Waals surface area contributed by atoms with E-state index in [2.05, 4.69) is 10.6 Å². The average Bonchev–Trinajstić information content (AvgIpc) is 3.24. The Balaban J connectivity index is 1.66. The fourth-order valence-electron chi connectivity index (χ4n) is 3.57. The monoisotopic (exact) mass is 296 g/mol. The molecule has 4 rings (SSSR count). The van der Waals surface area contributed by atoms with Crippen molar-refractivity contribution in [1.82, 2.24) is 0 Å². The first-order chi connectivity index (χ1) is 10.7. The van der Waals surface area contributed by atoms with Crippen LogP contribution in [-0.4, -0.2) is 11.8 Å². The summed E-state index contributed by atoms with van der Waals surface area (Å²) in [5.74, 6) is 0.0718. The summed E-state index contributed by atoms with van der Waals surface area (Å²) < 4.78 is 5.09. The molecule has 2 amide bonds. The lowest BCUT2D eigenvalue weighted by Gasteiger charge is -2.21. The van der Waals surface area contributed by atoms with Gasteiger partial charge in [0.25, 0.3) is 5.91 Å². The second-order valence-electron chi connectivity index (χ2n) is 5.94. The molecule has 5 heteroatoms. The molecule has 1 aromatic carbocycles. The maximum atomic E-state index is 12.4. The van der Waals surface area contributed by atoms with Crippen molar-refractivity contribution in [2.45, 2.75) is 31.1 Å². The topological polar surface area (TPSA) is 71.3 Å². The number of carbonyl (C=O) groups is 2. The number of fused-ring (bicyclic) bond motifs is 2. The van der Waals surface area contributed by atoms with Crippen LogP contribution in [0.1, 0.15) is 41.8 Å². The number of rotatable bonds is 2. The molecule has 0 radical (unpaired) electrons. The number of benzene rings is 1. The van der Waals surface area contributed by atoms with Crippen molar-refractivity contribution < 1.29 is 14.0 Å². The van der Waals surface area contributed by atoms with Crippen LogP contribution in [-0.2, 0) is 10.2 Å². The molecule has 2 N–H and O–H groups in total. The molecule has 2 aliphatic rings. The summed E-state index contributed by atoms with van der Waals surface area (Å²) in [7, 11) is 0.